The second kappa shape index (κ2) is 5.54. The Hall–Kier alpha value is -1.01. The first-order valence-corrected chi connectivity index (χ1v) is 6.34. The van der Waals surface area contributed by atoms with Gasteiger partial charge in [-0.3, -0.25) is 4.57 Å². The van der Waals surface area contributed by atoms with E-state index < -0.39 is 36.8 Å². The van der Waals surface area contributed by atoms with Crippen LogP contribution in [0.4, 0.5) is 26.3 Å². The molecule has 108 valence electrons. The van der Waals surface area contributed by atoms with Gasteiger partial charge in [-0.05, 0) is 25.1 Å². The van der Waals surface area contributed by atoms with Gasteiger partial charge in [-0.15, -0.1) is 0 Å². The smallest absolute Gasteiger partial charge is 0.328 e. The molecule has 0 amide bonds. The molecule has 0 spiro atoms. The number of hydrogen-bond acceptors (Lipinski definition) is 2. The first-order valence-electron chi connectivity index (χ1n) is 5.02. The summed E-state index contributed by atoms with van der Waals surface area (Å²) in [7, 11) is -3.13. The third kappa shape index (κ3) is 4.24. The summed E-state index contributed by atoms with van der Waals surface area (Å²) in [6.45, 7) is 1.36. The monoisotopic (exact) mass is 306 g/mol. The average molecular weight is 306 g/mol. The number of benzene rings is 1. The van der Waals surface area contributed by atoms with Gasteiger partial charge in [0.2, 0.25) is 8.03 Å². The van der Waals surface area contributed by atoms with Crippen LogP contribution in [0.25, 0.3) is 0 Å². The molecule has 1 unspecified atom stereocenters. The maximum absolute atomic E-state index is 12.5. The fourth-order valence-corrected chi connectivity index (χ4v) is 2.26. The highest BCUT2D eigenvalue weighted by Crippen LogP contribution is 2.36. The van der Waals surface area contributed by atoms with Crippen molar-refractivity contribution in [2.75, 3.05) is 6.61 Å². The van der Waals surface area contributed by atoms with Crippen LogP contribution in [0.15, 0.2) is 18.2 Å². The molecule has 0 fully saturated rings. The Labute approximate surface area is 105 Å². The van der Waals surface area contributed by atoms with Gasteiger partial charge in [0, 0.05) is 5.30 Å². The Morgan fingerprint density at radius 3 is 1.74 bits per heavy atom. The molecule has 0 aliphatic rings. The van der Waals surface area contributed by atoms with Crippen molar-refractivity contribution in [2.45, 2.75) is 19.3 Å². The molecule has 1 atom stereocenters. The molecule has 1 rings (SSSR count). The summed E-state index contributed by atoms with van der Waals surface area (Å²) in [4.78, 5) is 0. The molecule has 0 saturated heterocycles. The molecule has 0 bridgehead atoms. The largest absolute Gasteiger partial charge is 0.416 e. The summed E-state index contributed by atoms with van der Waals surface area (Å²) in [6.07, 6.45) is -9.91. The van der Waals surface area contributed by atoms with E-state index in [1.54, 1.807) is 0 Å². The molecule has 0 saturated carbocycles. The third-order valence-electron chi connectivity index (χ3n) is 2.10. The molecule has 0 radical (unpaired) electrons. The summed E-state index contributed by atoms with van der Waals surface area (Å²) in [6, 6.07) is 0.795. The van der Waals surface area contributed by atoms with Crippen LogP contribution in [0.3, 0.4) is 0 Å². The molecule has 19 heavy (non-hydrogen) atoms. The van der Waals surface area contributed by atoms with E-state index >= 15 is 0 Å². The number of halogens is 6. The van der Waals surface area contributed by atoms with Gasteiger partial charge in [-0.2, -0.15) is 26.3 Å². The van der Waals surface area contributed by atoms with Crippen LogP contribution in [-0.4, -0.2) is 6.61 Å². The highest BCUT2D eigenvalue weighted by molar-refractivity contribution is 7.48. The maximum Gasteiger partial charge on any atom is 0.416 e. The van der Waals surface area contributed by atoms with Crippen molar-refractivity contribution in [3.05, 3.63) is 29.3 Å². The van der Waals surface area contributed by atoms with Gasteiger partial charge in [0.15, 0.2) is 0 Å². The van der Waals surface area contributed by atoms with Crippen LogP contribution in [0.5, 0.6) is 0 Å². The fourth-order valence-electron chi connectivity index (χ4n) is 1.29. The third-order valence-corrected chi connectivity index (χ3v) is 3.41. The molecular weight excluding hydrogens is 297 g/mol. The number of alkyl halides is 6. The Morgan fingerprint density at radius 2 is 1.42 bits per heavy atom. The minimum absolute atomic E-state index is 0.0232. The van der Waals surface area contributed by atoms with Gasteiger partial charge in [0.1, 0.15) is 0 Å². The molecule has 0 aromatic heterocycles. The predicted molar refractivity (Wildman–Crippen MR) is 56.7 cm³/mol. The Morgan fingerprint density at radius 1 is 1.00 bits per heavy atom. The SMILES string of the molecule is CCO[PH](=O)c1cc(C(F)(F)F)cc(C(F)(F)F)c1. The topological polar surface area (TPSA) is 26.3 Å². The van der Waals surface area contributed by atoms with Crippen molar-refractivity contribution in [1.82, 2.24) is 0 Å². The molecule has 9 heteroatoms. The summed E-state index contributed by atoms with van der Waals surface area (Å²) in [5, 5.41) is -0.603. The van der Waals surface area contributed by atoms with Crippen molar-refractivity contribution in [3.8, 4) is 0 Å². The zero-order valence-electron chi connectivity index (χ0n) is 9.52. The van der Waals surface area contributed by atoms with E-state index in [1.807, 2.05) is 0 Å². The van der Waals surface area contributed by atoms with Crippen molar-refractivity contribution in [3.63, 3.8) is 0 Å². The lowest BCUT2D eigenvalue weighted by molar-refractivity contribution is -0.142. The van der Waals surface area contributed by atoms with E-state index in [0.29, 0.717) is 12.1 Å². The molecule has 0 heterocycles. The number of hydrogen-bond donors (Lipinski definition) is 0. The average Bonchev–Trinajstić information content (AvgIpc) is 2.26. The van der Waals surface area contributed by atoms with Crippen LogP contribution in [-0.2, 0) is 21.4 Å². The zero-order valence-corrected chi connectivity index (χ0v) is 10.5. The van der Waals surface area contributed by atoms with Gasteiger partial charge in [0.05, 0.1) is 17.7 Å². The lowest BCUT2D eigenvalue weighted by Gasteiger charge is -2.13. The fraction of sp³-hybridized carbons (Fsp3) is 0.400. The molecular formula is C10H9F6O2P. The van der Waals surface area contributed by atoms with Gasteiger partial charge >= 0.3 is 12.4 Å². The van der Waals surface area contributed by atoms with Gasteiger partial charge in [0.25, 0.3) is 0 Å². The molecule has 2 nitrogen and oxygen atoms in total. The van der Waals surface area contributed by atoms with Crippen molar-refractivity contribution >= 4 is 13.3 Å². The minimum atomic E-state index is -4.95. The van der Waals surface area contributed by atoms with E-state index in [1.165, 1.54) is 6.92 Å². The lowest BCUT2D eigenvalue weighted by Crippen LogP contribution is -2.15. The first kappa shape index (κ1) is 16.0. The van der Waals surface area contributed by atoms with Crippen LogP contribution in [0.2, 0.25) is 0 Å². The van der Waals surface area contributed by atoms with Crippen LogP contribution >= 0.6 is 8.03 Å². The molecule has 0 aliphatic heterocycles. The summed E-state index contributed by atoms with van der Waals surface area (Å²) in [5.74, 6) is 0. The Bertz CT molecular complexity index is 448. The molecule has 0 N–H and O–H groups in total. The minimum Gasteiger partial charge on any atom is -0.328 e. The lowest BCUT2D eigenvalue weighted by atomic mass is 10.1. The highest BCUT2D eigenvalue weighted by atomic mass is 31.1. The standard InChI is InChI=1S/C10H9F6O2P/c1-2-18-19(17)8-4-6(9(11,12)13)3-7(5-8)10(14,15)16/h3-5,19H,2H2,1H3. The first-order chi connectivity index (χ1) is 8.55. The number of rotatable bonds is 3. The van der Waals surface area contributed by atoms with E-state index in [0.717, 1.165) is 0 Å². The quantitative estimate of drug-likeness (QED) is 0.626. The second-order valence-electron chi connectivity index (χ2n) is 3.52. The van der Waals surface area contributed by atoms with Crippen molar-refractivity contribution < 1.29 is 35.4 Å². The van der Waals surface area contributed by atoms with Crippen LogP contribution < -0.4 is 5.30 Å². The van der Waals surface area contributed by atoms with E-state index in [-0.39, 0.29) is 12.7 Å². The van der Waals surface area contributed by atoms with E-state index in [4.69, 9.17) is 0 Å². The second-order valence-corrected chi connectivity index (χ2v) is 4.96. The van der Waals surface area contributed by atoms with Crippen molar-refractivity contribution in [2.24, 2.45) is 0 Å². The van der Waals surface area contributed by atoms with Gasteiger partial charge < -0.3 is 4.52 Å². The Balaban J connectivity index is 3.37. The van der Waals surface area contributed by atoms with Crippen LogP contribution in [0.1, 0.15) is 18.1 Å². The van der Waals surface area contributed by atoms with Gasteiger partial charge in [-0.1, -0.05) is 0 Å². The maximum atomic E-state index is 12.5. The predicted octanol–water partition coefficient (Wildman–Crippen LogP) is 3.86. The van der Waals surface area contributed by atoms with E-state index in [2.05, 4.69) is 4.52 Å². The summed E-state index contributed by atoms with van der Waals surface area (Å²) < 4.78 is 90.9. The normalized spacial score (nSPS) is 14.5. The van der Waals surface area contributed by atoms with E-state index in [9.17, 15) is 30.9 Å². The molecule has 1 aromatic carbocycles. The summed E-state index contributed by atoms with van der Waals surface area (Å²) in [5.41, 5.74) is -3.01. The summed E-state index contributed by atoms with van der Waals surface area (Å²) >= 11 is 0. The highest BCUT2D eigenvalue weighted by Gasteiger charge is 2.37. The van der Waals surface area contributed by atoms with Crippen molar-refractivity contribution in [1.29, 1.82) is 0 Å². The zero-order chi connectivity index (χ0) is 14.8. The Kier molecular flexibility index (Phi) is 4.68. The molecule has 1 aromatic rings. The van der Waals surface area contributed by atoms with Gasteiger partial charge in [-0.25, -0.2) is 0 Å². The van der Waals surface area contributed by atoms with Crippen LogP contribution in [0, 0.1) is 0 Å². The molecule has 0 aliphatic carbocycles.